The van der Waals surface area contributed by atoms with Gasteiger partial charge >= 0.3 is 6.09 Å². The first-order chi connectivity index (χ1) is 8.84. The lowest BCUT2D eigenvalue weighted by Gasteiger charge is -2.17. The number of carbonyl (C=O) groups is 1. The summed E-state index contributed by atoms with van der Waals surface area (Å²) in [5.41, 5.74) is 1.01. The molecule has 2 rings (SSSR count). The molecule has 1 unspecified atom stereocenters. The lowest BCUT2D eigenvalue weighted by atomic mass is 9.94. The monoisotopic (exact) mass is 245 g/mol. The molecule has 3 heteroatoms. The van der Waals surface area contributed by atoms with Crippen molar-refractivity contribution >= 4 is 6.09 Å². The van der Waals surface area contributed by atoms with Crippen molar-refractivity contribution in [2.45, 2.75) is 25.9 Å². The SMILES string of the molecule is O=C(NCC1CC=CCC1)OCc1ccccc1. The topological polar surface area (TPSA) is 38.3 Å². The van der Waals surface area contributed by atoms with E-state index in [2.05, 4.69) is 17.5 Å². The summed E-state index contributed by atoms with van der Waals surface area (Å²) in [6.45, 7) is 1.04. The predicted molar refractivity (Wildman–Crippen MR) is 71.1 cm³/mol. The molecule has 18 heavy (non-hydrogen) atoms. The molecule has 0 saturated heterocycles. The van der Waals surface area contributed by atoms with Gasteiger partial charge in [0, 0.05) is 6.54 Å². The van der Waals surface area contributed by atoms with Gasteiger partial charge in [0.05, 0.1) is 0 Å². The maximum Gasteiger partial charge on any atom is 0.407 e. The van der Waals surface area contributed by atoms with Gasteiger partial charge in [-0.05, 0) is 30.7 Å². The molecule has 1 amide bonds. The third-order valence-corrected chi connectivity index (χ3v) is 3.13. The highest BCUT2D eigenvalue weighted by molar-refractivity contribution is 5.67. The quantitative estimate of drug-likeness (QED) is 0.827. The summed E-state index contributed by atoms with van der Waals surface area (Å²) in [7, 11) is 0. The summed E-state index contributed by atoms with van der Waals surface area (Å²) in [6, 6.07) is 9.70. The maximum atomic E-state index is 11.5. The van der Waals surface area contributed by atoms with E-state index < -0.39 is 0 Å². The molecule has 1 aliphatic rings. The van der Waals surface area contributed by atoms with Gasteiger partial charge in [-0.15, -0.1) is 0 Å². The summed E-state index contributed by atoms with van der Waals surface area (Å²) in [6.07, 6.45) is 7.38. The fourth-order valence-electron chi connectivity index (χ4n) is 2.04. The van der Waals surface area contributed by atoms with E-state index in [1.54, 1.807) is 0 Å². The lowest BCUT2D eigenvalue weighted by Crippen LogP contribution is -2.30. The van der Waals surface area contributed by atoms with E-state index in [1.165, 1.54) is 0 Å². The van der Waals surface area contributed by atoms with Crippen LogP contribution in [0, 0.1) is 5.92 Å². The Hall–Kier alpha value is -1.77. The molecular weight excluding hydrogens is 226 g/mol. The Morgan fingerprint density at radius 3 is 2.83 bits per heavy atom. The molecule has 0 saturated carbocycles. The molecule has 96 valence electrons. The molecule has 1 aliphatic carbocycles. The van der Waals surface area contributed by atoms with E-state index in [1.807, 2.05) is 30.3 Å². The van der Waals surface area contributed by atoms with Crippen LogP contribution in [0.1, 0.15) is 24.8 Å². The van der Waals surface area contributed by atoms with E-state index >= 15 is 0 Å². The molecule has 1 atom stereocenters. The van der Waals surface area contributed by atoms with E-state index in [0.29, 0.717) is 19.1 Å². The van der Waals surface area contributed by atoms with Crippen molar-refractivity contribution in [2.75, 3.05) is 6.54 Å². The summed E-state index contributed by atoms with van der Waals surface area (Å²) < 4.78 is 5.15. The van der Waals surface area contributed by atoms with Crippen LogP contribution in [0.15, 0.2) is 42.5 Å². The van der Waals surface area contributed by atoms with Gasteiger partial charge < -0.3 is 10.1 Å². The normalized spacial score (nSPS) is 18.3. The van der Waals surface area contributed by atoms with Crippen molar-refractivity contribution in [1.29, 1.82) is 0 Å². The Morgan fingerprint density at radius 2 is 2.11 bits per heavy atom. The second-order valence-corrected chi connectivity index (χ2v) is 4.59. The standard InChI is InChI=1S/C15H19NO2/c17-15(16-11-13-7-3-1-4-8-13)18-12-14-9-5-2-6-10-14/h1-3,5-6,9-10,13H,4,7-8,11-12H2,(H,16,17). The molecule has 0 aromatic heterocycles. The van der Waals surface area contributed by atoms with Crippen molar-refractivity contribution in [3.63, 3.8) is 0 Å². The Bertz CT molecular complexity index is 400. The molecular formula is C15H19NO2. The first kappa shape index (κ1) is 12.7. The Balaban J connectivity index is 1.64. The van der Waals surface area contributed by atoms with Crippen LogP contribution in [0.2, 0.25) is 0 Å². The molecule has 1 N–H and O–H groups in total. The van der Waals surface area contributed by atoms with E-state index in [9.17, 15) is 4.79 Å². The minimum atomic E-state index is -0.326. The first-order valence-electron chi connectivity index (χ1n) is 6.44. The third-order valence-electron chi connectivity index (χ3n) is 3.13. The van der Waals surface area contributed by atoms with Gasteiger partial charge in [-0.1, -0.05) is 42.5 Å². The van der Waals surface area contributed by atoms with E-state index in [-0.39, 0.29) is 6.09 Å². The zero-order valence-electron chi connectivity index (χ0n) is 10.5. The molecule has 0 spiro atoms. The number of hydrogen-bond acceptors (Lipinski definition) is 2. The Morgan fingerprint density at radius 1 is 1.28 bits per heavy atom. The van der Waals surface area contributed by atoms with Crippen molar-refractivity contribution in [3.8, 4) is 0 Å². The zero-order chi connectivity index (χ0) is 12.6. The molecule has 0 radical (unpaired) electrons. The first-order valence-corrected chi connectivity index (χ1v) is 6.44. The molecule has 0 aliphatic heterocycles. The van der Waals surface area contributed by atoms with Gasteiger partial charge in [0.2, 0.25) is 0 Å². The van der Waals surface area contributed by atoms with Crippen LogP contribution in [0.25, 0.3) is 0 Å². The van der Waals surface area contributed by atoms with Crippen LogP contribution in [0.3, 0.4) is 0 Å². The van der Waals surface area contributed by atoms with Gasteiger partial charge in [0.1, 0.15) is 6.61 Å². The van der Waals surface area contributed by atoms with Crippen LogP contribution in [-0.2, 0) is 11.3 Å². The predicted octanol–water partition coefficient (Wildman–Crippen LogP) is 3.27. The summed E-state index contributed by atoms with van der Waals surface area (Å²) >= 11 is 0. The number of ether oxygens (including phenoxy) is 1. The van der Waals surface area contributed by atoms with Crippen LogP contribution in [-0.4, -0.2) is 12.6 Å². The van der Waals surface area contributed by atoms with Gasteiger partial charge in [-0.2, -0.15) is 0 Å². The number of amides is 1. The zero-order valence-corrected chi connectivity index (χ0v) is 10.5. The second-order valence-electron chi connectivity index (χ2n) is 4.59. The Kier molecular flexibility index (Phi) is 4.82. The number of allylic oxidation sites excluding steroid dienone is 2. The van der Waals surface area contributed by atoms with Crippen molar-refractivity contribution in [2.24, 2.45) is 5.92 Å². The van der Waals surface area contributed by atoms with Gasteiger partial charge in [0.25, 0.3) is 0 Å². The average molecular weight is 245 g/mol. The Labute approximate surface area is 108 Å². The van der Waals surface area contributed by atoms with Crippen molar-refractivity contribution in [3.05, 3.63) is 48.0 Å². The highest BCUT2D eigenvalue weighted by Crippen LogP contribution is 2.16. The summed E-state index contributed by atoms with van der Waals surface area (Å²) in [5.74, 6) is 0.555. The maximum absolute atomic E-state index is 11.5. The number of hydrogen-bond donors (Lipinski definition) is 1. The second kappa shape index (κ2) is 6.84. The van der Waals surface area contributed by atoms with Crippen LogP contribution < -0.4 is 5.32 Å². The average Bonchev–Trinajstić information content (AvgIpc) is 2.45. The highest BCUT2D eigenvalue weighted by Gasteiger charge is 2.11. The molecule has 3 nitrogen and oxygen atoms in total. The lowest BCUT2D eigenvalue weighted by molar-refractivity contribution is 0.137. The van der Waals surface area contributed by atoms with Crippen molar-refractivity contribution < 1.29 is 9.53 Å². The third kappa shape index (κ3) is 4.24. The van der Waals surface area contributed by atoms with E-state index in [4.69, 9.17) is 4.74 Å². The molecule has 1 aromatic carbocycles. The minimum Gasteiger partial charge on any atom is -0.445 e. The van der Waals surface area contributed by atoms with Crippen LogP contribution in [0.4, 0.5) is 4.79 Å². The number of benzene rings is 1. The highest BCUT2D eigenvalue weighted by atomic mass is 16.5. The van der Waals surface area contributed by atoms with Crippen LogP contribution >= 0.6 is 0 Å². The van der Waals surface area contributed by atoms with Gasteiger partial charge in [-0.3, -0.25) is 0 Å². The molecule has 0 heterocycles. The molecule has 0 bridgehead atoms. The largest absolute Gasteiger partial charge is 0.445 e. The fraction of sp³-hybridized carbons (Fsp3) is 0.400. The molecule has 0 fully saturated rings. The summed E-state index contributed by atoms with van der Waals surface area (Å²) in [5, 5.41) is 2.83. The number of rotatable bonds is 4. The minimum absolute atomic E-state index is 0.326. The smallest absolute Gasteiger partial charge is 0.407 e. The van der Waals surface area contributed by atoms with Crippen LogP contribution in [0.5, 0.6) is 0 Å². The van der Waals surface area contributed by atoms with E-state index in [0.717, 1.165) is 24.8 Å². The van der Waals surface area contributed by atoms with Crippen molar-refractivity contribution in [1.82, 2.24) is 5.32 Å². The number of nitrogens with one attached hydrogen (secondary N) is 1. The number of alkyl carbamates (subject to hydrolysis) is 1. The summed E-state index contributed by atoms with van der Waals surface area (Å²) in [4.78, 5) is 11.5. The van der Waals surface area contributed by atoms with Gasteiger partial charge in [0.15, 0.2) is 0 Å². The molecule has 1 aromatic rings. The number of carbonyl (C=O) groups excluding carboxylic acids is 1. The fourth-order valence-corrected chi connectivity index (χ4v) is 2.04. The van der Waals surface area contributed by atoms with Gasteiger partial charge in [-0.25, -0.2) is 4.79 Å².